The summed E-state index contributed by atoms with van der Waals surface area (Å²) < 4.78 is 12.9. The molecule has 0 aliphatic heterocycles. The van der Waals surface area contributed by atoms with Gasteiger partial charge in [0.25, 0.3) is 0 Å². The SMILES string of the molecule is Cc1noc(C(C)Sc2nnc(Cc3ccccc3)n2Cc2ccco2)n1. The minimum Gasteiger partial charge on any atom is -0.467 e. The van der Waals surface area contributed by atoms with Crippen LogP contribution in [0.15, 0.2) is 62.8 Å². The van der Waals surface area contributed by atoms with Crippen LogP contribution in [-0.4, -0.2) is 24.9 Å². The number of nitrogens with zero attached hydrogens (tertiary/aromatic N) is 5. The summed E-state index contributed by atoms with van der Waals surface area (Å²) in [7, 11) is 0. The number of rotatable bonds is 7. The van der Waals surface area contributed by atoms with Crippen LogP contribution in [-0.2, 0) is 13.0 Å². The van der Waals surface area contributed by atoms with E-state index >= 15 is 0 Å². The van der Waals surface area contributed by atoms with Crippen molar-refractivity contribution < 1.29 is 8.94 Å². The second-order valence-electron chi connectivity index (χ2n) is 6.17. The molecular weight excluding hydrogens is 362 g/mol. The third kappa shape index (κ3) is 4.11. The van der Waals surface area contributed by atoms with Gasteiger partial charge in [0.2, 0.25) is 5.89 Å². The Kier molecular flexibility index (Phi) is 5.06. The Bertz CT molecular complexity index is 994. The highest BCUT2D eigenvalue weighted by atomic mass is 32.2. The highest BCUT2D eigenvalue weighted by Gasteiger charge is 2.21. The molecule has 0 aliphatic carbocycles. The van der Waals surface area contributed by atoms with Crippen molar-refractivity contribution in [3.8, 4) is 0 Å². The van der Waals surface area contributed by atoms with Gasteiger partial charge in [-0.15, -0.1) is 10.2 Å². The fourth-order valence-electron chi connectivity index (χ4n) is 2.72. The molecule has 3 aromatic heterocycles. The van der Waals surface area contributed by atoms with Gasteiger partial charge in [-0.05, 0) is 31.5 Å². The van der Waals surface area contributed by atoms with Crippen molar-refractivity contribution in [3.05, 3.63) is 77.6 Å². The second-order valence-corrected chi connectivity index (χ2v) is 7.47. The third-order valence-corrected chi connectivity index (χ3v) is 5.13. The molecule has 1 unspecified atom stereocenters. The Morgan fingerprint density at radius 2 is 1.96 bits per heavy atom. The zero-order valence-electron chi connectivity index (χ0n) is 15.1. The van der Waals surface area contributed by atoms with Gasteiger partial charge in [-0.25, -0.2) is 0 Å². The maximum absolute atomic E-state index is 5.53. The van der Waals surface area contributed by atoms with Crippen LogP contribution >= 0.6 is 11.8 Å². The number of thioether (sulfide) groups is 1. The summed E-state index contributed by atoms with van der Waals surface area (Å²) >= 11 is 1.54. The van der Waals surface area contributed by atoms with Crippen molar-refractivity contribution in [2.75, 3.05) is 0 Å². The van der Waals surface area contributed by atoms with Gasteiger partial charge in [-0.2, -0.15) is 4.98 Å². The summed E-state index contributed by atoms with van der Waals surface area (Å²) in [6.07, 6.45) is 2.37. The van der Waals surface area contributed by atoms with Crippen molar-refractivity contribution >= 4 is 11.8 Å². The predicted octanol–water partition coefficient (Wildman–Crippen LogP) is 4.05. The molecule has 0 fully saturated rings. The molecule has 0 aliphatic rings. The molecule has 0 N–H and O–H groups in total. The van der Waals surface area contributed by atoms with E-state index in [1.807, 2.05) is 44.2 Å². The summed E-state index contributed by atoms with van der Waals surface area (Å²) in [4.78, 5) is 4.31. The molecule has 1 aromatic carbocycles. The molecule has 138 valence electrons. The molecule has 7 nitrogen and oxygen atoms in total. The molecule has 4 rings (SSSR count). The molecular formula is C19H19N5O2S. The Hall–Kier alpha value is -2.87. The van der Waals surface area contributed by atoms with Crippen molar-refractivity contribution in [1.29, 1.82) is 0 Å². The van der Waals surface area contributed by atoms with Crippen LogP contribution in [0.4, 0.5) is 0 Å². The monoisotopic (exact) mass is 381 g/mol. The highest BCUT2D eigenvalue weighted by molar-refractivity contribution is 7.99. The summed E-state index contributed by atoms with van der Waals surface area (Å²) in [6.45, 7) is 4.39. The first-order valence-electron chi connectivity index (χ1n) is 8.64. The lowest BCUT2D eigenvalue weighted by Crippen LogP contribution is -2.07. The van der Waals surface area contributed by atoms with Crippen LogP contribution in [0.2, 0.25) is 0 Å². The average Bonchev–Trinajstić information content (AvgIpc) is 3.41. The van der Waals surface area contributed by atoms with E-state index in [1.54, 1.807) is 18.0 Å². The first-order chi connectivity index (χ1) is 13.2. The Morgan fingerprint density at radius 3 is 2.67 bits per heavy atom. The van der Waals surface area contributed by atoms with E-state index in [9.17, 15) is 0 Å². The van der Waals surface area contributed by atoms with E-state index in [-0.39, 0.29) is 5.25 Å². The molecule has 0 spiro atoms. The molecule has 0 saturated heterocycles. The average molecular weight is 381 g/mol. The number of aryl methyl sites for hydroxylation is 1. The van der Waals surface area contributed by atoms with Crippen molar-refractivity contribution in [3.63, 3.8) is 0 Å². The van der Waals surface area contributed by atoms with E-state index in [0.717, 1.165) is 16.7 Å². The third-order valence-electron chi connectivity index (χ3n) is 4.07. The molecule has 1 atom stereocenters. The quantitative estimate of drug-likeness (QED) is 0.447. The maximum Gasteiger partial charge on any atom is 0.239 e. The van der Waals surface area contributed by atoms with Crippen LogP contribution in [0.1, 0.15) is 41.0 Å². The van der Waals surface area contributed by atoms with Crippen molar-refractivity contribution in [2.45, 2.75) is 37.2 Å². The molecule has 0 radical (unpaired) electrons. The van der Waals surface area contributed by atoms with Gasteiger partial charge in [0, 0.05) is 6.42 Å². The number of aromatic nitrogens is 5. The fraction of sp³-hybridized carbons (Fsp3) is 0.263. The molecule has 8 heteroatoms. The van der Waals surface area contributed by atoms with Gasteiger partial charge in [-0.1, -0.05) is 47.3 Å². The normalized spacial score (nSPS) is 12.4. The van der Waals surface area contributed by atoms with Gasteiger partial charge in [0.15, 0.2) is 11.0 Å². The molecule has 27 heavy (non-hydrogen) atoms. The van der Waals surface area contributed by atoms with E-state index in [1.165, 1.54) is 5.56 Å². The topological polar surface area (TPSA) is 82.8 Å². The minimum atomic E-state index is -0.0321. The van der Waals surface area contributed by atoms with Crippen LogP contribution in [0.5, 0.6) is 0 Å². The van der Waals surface area contributed by atoms with Crippen LogP contribution in [0.3, 0.4) is 0 Å². The number of hydrogen-bond acceptors (Lipinski definition) is 7. The molecule has 3 heterocycles. The maximum atomic E-state index is 5.53. The lowest BCUT2D eigenvalue weighted by atomic mass is 10.1. The zero-order valence-corrected chi connectivity index (χ0v) is 15.9. The van der Waals surface area contributed by atoms with Crippen LogP contribution in [0.25, 0.3) is 0 Å². The zero-order chi connectivity index (χ0) is 18.6. The van der Waals surface area contributed by atoms with Gasteiger partial charge in [-0.3, -0.25) is 4.57 Å². The van der Waals surface area contributed by atoms with E-state index < -0.39 is 0 Å². The van der Waals surface area contributed by atoms with E-state index in [2.05, 4.69) is 37.0 Å². The highest BCUT2D eigenvalue weighted by Crippen LogP contribution is 2.33. The Labute approximate surface area is 160 Å². The van der Waals surface area contributed by atoms with Gasteiger partial charge in [0.05, 0.1) is 18.1 Å². The largest absolute Gasteiger partial charge is 0.467 e. The summed E-state index contributed by atoms with van der Waals surface area (Å²) in [5, 5.41) is 13.5. The number of furan rings is 1. The second kappa shape index (κ2) is 7.79. The van der Waals surface area contributed by atoms with Gasteiger partial charge < -0.3 is 8.94 Å². The lowest BCUT2D eigenvalue weighted by molar-refractivity contribution is 0.376. The predicted molar refractivity (Wildman–Crippen MR) is 100 cm³/mol. The summed E-state index contributed by atoms with van der Waals surface area (Å²) in [5.74, 6) is 2.94. The van der Waals surface area contributed by atoms with E-state index in [0.29, 0.717) is 24.7 Å². The Morgan fingerprint density at radius 1 is 1.11 bits per heavy atom. The number of benzene rings is 1. The Balaban J connectivity index is 1.61. The van der Waals surface area contributed by atoms with Crippen LogP contribution < -0.4 is 0 Å². The fourth-order valence-corrected chi connectivity index (χ4v) is 3.62. The molecule has 0 bridgehead atoms. The van der Waals surface area contributed by atoms with Crippen LogP contribution in [0, 0.1) is 6.92 Å². The first kappa shape index (κ1) is 17.5. The van der Waals surface area contributed by atoms with Gasteiger partial charge >= 0.3 is 0 Å². The standard InChI is InChI=1S/C19H19N5O2S/c1-13(18-20-14(2)23-26-18)27-19-22-21-17(11-15-7-4-3-5-8-15)24(19)12-16-9-6-10-25-16/h3-10,13H,11-12H2,1-2H3. The molecule has 4 aromatic rings. The summed E-state index contributed by atoms with van der Waals surface area (Å²) in [6, 6.07) is 14.1. The smallest absolute Gasteiger partial charge is 0.239 e. The summed E-state index contributed by atoms with van der Waals surface area (Å²) in [5.41, 5.74) is 1.18. The minimum absolute atomic E-state index is 0.0321. The van der Waals surface area contributed by atoms with Crippen molar-refractivity contribution in [1.82, 2.24) is 24.9 Å². The molecule has 0 saturated carbocycles. The van der Waals surface area contributed by atoms with Gasteiger partial charge in [0.1, 0.15) is 11.6 Å². The van der Waals surface area contributed by atoms with Crippen molar-refractivity contribution in [2.24, 2.45) is 0 Å². The first-order valence-corrected chi connectivity index (χ1v) is 9.52. The lowest BCUT2D eigenvalue weighted by Gasteiger charge is -2.10. The van der Waals surface area contributed by atoms with E-state index in [4.69, 9.17) is 8.94 Å². The molecule has 0 amide bonds. The number of hydrogen-bond donors (Lipinski definition) is 0.